The number of fused-ring (bicyclic) bond motifs is 6. The van der Waals surface area contributed by atoms with Crippen molar-refractivity contribution in [3.05, 3.63) is 147 Å². The largest absolute Gasteiger partial charge is 0.496 e. The second-order valence-electron chi connectivity index (χ2n) is 19.2. The molecule has 0 aliphatic carbocycles. The monoisotopic (exact) mass is 1060 g/mol. The number of Topliss-reactive ketones (excluding diaryl/α,β-unsaturated/α-hetero) is 1. The van der Waals surface area contributed by atoms with Gasteiger partial charge in [-0.25, -0.2) is 9.59 Å². The maximum atomic E-state index is 14.4. The minimum absolute atomic E-state index is 0.145. The highest BCUT2D eigenvalue weighted by molar-refractivity contribution is 6.06. The van der Waals surface area contributed by atoms with Crippen LogP contribution in [0.4, 0.5) is 0 Å². The van der Waals surface area contributed by atoms with Gasteiger partial charge in [0.2, 0.25) is 5.91 Å². The first-order valence-corrected chi connectivity index (χ1v) is 25.8. The Morgan fingerprint density at radius 1 is 0.667 bits per heavy atom. The summed E-state index contributed by atoms with van der Waals surface area (Å²) in [7, 11) is 3.18. The van der Waals surface area contributed by atoms with Crippen molar-refractivity contribution in [2.24, 2.45) is 0 Å². The van der Waals surface area contributed by atoms with Crippen LogP contribution in [0.25, 0.3) is 66.1 Å². The van der Waals surface area contributed by atoms with E-state index in [0.717, 1.165) is 33.6 Å². The molecule has 0 saturated carbocycles. The molecule has 2 unspecified atom stereocenters. The Morgan fingerprint density at radius 3 is 1.72 bits per heavy atom. The summed E-state index contributed by atoms with van der Waals surface area (Å²) in [5.41, 5.74) is 8.99. The molecule has 2 aromatic carbocycles. The Bertz CT molecular complexity index is 3690. The van der Waals surface area contributed by atoms with Gasteiger partial charge in [-0.15, -0.1) is 0 Å². The smallest absolute Gasteiger partial charge is 0.330 e. The SMILES string of the molecule is COc1cc2c(cc1-c1c(C)coc1C)ncc1c2n(C(C)c2ccccn2)c(=O)n1CC(=O)NCCOCCOCCCC(=O)Cn1c(=O)n(C(C)c2ccccn2)c2c3cc(OC)c(-c4c(C)noc4C)cc3ncc21. The zero-order chi connectivity index (χ0) is 54.8. The van der Waals surface area contributed by atoms with Crippen LogP contribution in [0, 0.1) is 27.7 Å². The lowest BCUT2D eigenvalue weighted by atomic mass is 9.99. The minimum Gasteiger partial charge on any atom is -0.496 e. The van der Waals surface area contributed by atoms with Gasteiger partial charge in [0, 0.05) is 59.4 Å². The van der Waals surface area contributed by atoms with Crippen molar-refractivity contribution in [3.63, 3.8) is 0 Å². The number of ketones is 1. The number of furan rings is 1. The molecule has 0 radical (unpaired) electrons. The van der Waals surface area contributed by atoms with Gasteiger partial charge in [0.1, 0.15) is 29.6 Å². The summed E-state index contributed by atoms with van der Waals surface area (Å²) < 4.78 is 40.8. The van der Waals surface area contributed by atoms with Crippen LogP contribution >= 0.6 is 0 Å². The molecule has 78 heavy (non-hydrogen) atoms. The van der Waals surface area contributed by atoms with Crippen LogP contribution in [0.5, 0.6) is 11.5 Å². The number of imidazole rings is 2. The first-order chi connectivity index (χ1) is 37.8. The molecule has 2 atom stereocenters. The van der Waals surface area contributed by atoms with Crippen molar-refractivity contribution in [1.29, 1.82) is 0 Å². The number of rotatable bonds is 22. The van der Waals surface area contributed by atoms with E-state index in [0.29, 0.717) is 91.2 Å². The van der Waals surface area contributed by atoms with E-state index in [1.807, 2.05) is 102 Å². The predicted molar refractivity (Wildman–Crippen MR) is 293 cm³/mol. The van der Waals surface area contributed by atoms with E-state index in [1.165, 1.54) is 9.13 Å². The Morgan fingerprint density at radius 2 is 1.22 bits per heavy atom. The summed E-state index contributed by atoms with van der Waals surface area (Å²) in [4.78, 5) is 74.6. The number of carbonyl (C=O) groups is 2. The van der Waals surface area contributed by atoms with Gasteiger partial charge in [0.25, 0.3) is 0 Å². The van der Waals surface area contributed by atoms with Gasteiger partial charge in [-0.1, -0.05) is 17.3 Å². The molecule has 0 spiro atoms. The van der Waals surface area contributed by atoms with Gasteiger partial charge in [-0.05, 0) is 102 Å². The number of benzene rings is 2. The average Bonchev–Trinajstić information content (AvgIpc) is 4.30. The van der Waals surface area contributed by atoms with Crippen molar-refractivity contribution >= 4 is 55.6 Å². The molecule has 0 fully saturated rings. The molecule has 8 heterocycles. The Labute approximate surface area is 447 Å². The first kappa shape index (κ1) is 52.7. The summed E-state index contributed by atoms with van der Waals surface area (Å²) >= 11 is 0. The summed E-state index contributed by atoms with van der Waals surface area (Å²) in [6, 6.07) is 17.7. The highest BCUT2D eigenvalue weighted by atomic mass is 16.5. The number of hydrogen-bond donors (Lipinski definition) is 1. The third-order valence-electron chi connectivity index (χ3n) is 14.3. The fraction of sp³-hybridized carbons (Fsp3) is 0.328. The van der Waals surface area contributed by atoms with Crippen LogP contribution in [-0.4, -0.2) is 102 Å². The van der Waals surface area contributed by atoms with Crippen LogP contribution in [0.3, 0.4) is 0 Å². The average molecular weight is 1060 g/mol. The fourth-order valence-electron chi connectivity index (χ4n) is 10.5. The van der Waals surface area contributed by atoms with Crippen molar-refractivity contribution in [1.82, 2.24) is 48.7 Å². The van der Waals surface area contributed by atoms with Gasteiger partial charge < -0.3 is 33.2 Å². The van der Waals surface area contributed by atoms with Gasteiger partial charge in [-0.3, -0.25) is 47.8 Å². The maximum Gasteiger partial charge on any atom is 0.330 e. The number of nitrogens with zero attached hydrogens (tertiary/aromatic N) is 9. The molecule has 8 aromatic heterocycles. The highest BCUT2D eigenvalue weighted by Crippen LogP contribution is 2.42. The van der Waals surface area contributed by atoms with Crippen LogP contribution in [-0.2, 0) is 32.2 Å². The van der Waals surface area contributed by atoms with Gasteiger partial charge in [0.15, 0.2) is 5.78 Å². The van der Waals surface area contributed by atoms with Crippen molar-refractivity contribution in [2.45, 2.75) is 79.6 Å². The highest BCUT2D eigenvalue weighted by Gasteiger charge is 2.28. The molecule has 10 aromatic rings. The Hall–Kier alpha value is -8.75. The number of amides is 1. The molecule has 0 saturated heterocycles. The van der Waals surface area contributed by atoms with Crippen LogP contribution < -0.4 is 26.2 Å². The zero-order valence-electron chi connectivity index (χ0n) is 44.8. The van der Waals surface area contributed by atoms with E-state index in [2.05, 4.69) is 20.4 Å². The topological polar surface area (TPSA) is 228 Å². The molecule has 20 nitrogen and oxygen atoms in total. The molecule has 1 amide bonds. The summed E-state index contributed by atoms with van der Waals surface area (Å²) in [5.74, 6) is 1.99. The van der Waals surface area contributed by atoms with E-state index in [9.17, 15) is 19.2 Å². The number of pyridine rings is 4. The van der Waals surface area contributed by atoms with Gasteiger partial charge >= 0.3 is 11.4 Å². The lowest BCUT2D eigenvalue weighted by Crippen LogP contribution is -2.35. The number of carbonyl (C=O) groups excluding carboxylic acids is 2. The molecule has 20 heteroatoms. The third kappa shape index (κ3) is 9.95. The summed E-state index contributed by atoms with van der Waals surface area (Å²) in [6.07, 6.45) is 8.94. The van der Waals surface area contributed by atoms with Crippen LogP contribution in [0.15, 0.2) is 110 Å². The maximum absolute atomic E-state index is 14.4. The molecule has 1 N–H and O–H groups in total. The molecular weight excluding hydrogens is 997 g/mol. The van der Waals surface area contributed by atoms with E-state index >= 15 is 0 Å². The Balaban J connectivity index is 0.752. The van der Waals surface area contributed by atoms with Crippen LogP contribution in [0.1, 0.15) is 72.9 Å². The third-order valence-corrected chi connectivity index (χ3v) is 14.3. The predicted octanol–water partition coefficient (Wildman–Crippen LogP) is 8.39. The number of ether oxygens (including phenoxy) is 4. The fourth-order valence-corrected chi connectivity index (χ4v) is 10.5. The van der Waals surface area contributed by atoms with Gasteiger partial charge in [0.05, 0.1) is 127 Å². The normalized spacial score (nSPS) is 12.5. The number of hydrogen-bond acceptors (Lipinski definition) is 15. The first-order valence-electron chi connectivity index (χ1n) is 25.8. The molecule has 10 rings (SSSR count). The summed E-state index contributed by atoms with van der Waals surface area (Å²) in [6.45, 7) is 12.2. The zero-order valence-corrected chi connectivity index (χ0v) is 44.8. The standard InChI is InChI=1S/C58H60N10O10/c1-33-32-77-37(5)53(33)42-24-46-40(26-50(42)73-7)56-49(29-63-46)66(58(72)68(56)36(4)45-16-10-12-18-60-45)31-52(70)61-19-21-76-23-22-75-20-13-14-39(69)30-65-48-28-62-47-25-43(54-34(2)64-78-38(54)6)51(74-8)27-41(47)55(48)67(57(65)71)35(3)44-15-9-11-17-59-44/h9-12,15-18,24-29,32,35-36H,13-14,19-23,30-31H2,1-8H3,(H,61,70). The van der Waals surface area contributed by atoms with E-state index in [1.54, 1.807) is 54.4 Å². The van der Waals surface area contributed by atoms with E-state index in [4.69, 9.17) is 37.9 Å². The van der Waals surface area contributed by atoms with Crippen LogP contribution in [0.2, 0.25) is 0 Å². The Kier molecular flexibility index (Phi) is 15.2. The van der Waals surface area contributed by atoms with E-state index < -0.39 is 17.8 Å². The molecule has 0 aliphatic heterocycles. The lowest BCUT2D eigenvalue weighted by molar-refractivity contribution is -0.122. The van der Waals surface area contributed by atoms with Crippen molar-refractivity contribution < 1.29 is 37.5 Å². The van der Waals surface area contributed by atoms with Crippen molar-refractivity contribution in [3.8, 4) is 33.8 Å². The van der Waals surface area contributed by atoms with E-state index in [-0.39, 0.29) is 63.3 Å². The quantitative estimate of drug-likeness (QED) is 0.0629. The second kappa shape index (κ2) is 22.5. The number of aromatic nitrogens is 9. The minimum atomic E-state index is -0.490. The molecular formula is C58H60N10O10. The van der Waals surface area contributed by atoms with Gasteiger partial charge in [-0.2, -0.15) is 0 Å². The number of nitrogens with one attached hydrogen (secondary N) is 1. The number of methoxy groups -OCH3 is 2. The molecule has 0 aliphatic rings. The summed E-state index contributed by atoms with van der Waals surface area (Å²) in [5, 5.41) is 8.35. The molecule has 0 bridgehead atoms. The number of aryl methyl sites for hydroxylation is 4. The molecule has 402 valence electrons. The second-order valence-corrected chi connectivity index (χ2v) is 19.2. The van der Waals surface area contributed by atoms with Crippen molar-refractivity contribution in [2.75, 3.05) is 47.2 Å². The lowest BCUT2D eigenvalue weighted by Gasteiger charge is -2.15.